The van der Waals surface area contributed by atoms with Gasteiger partial charge in [0.1, 0.15) is 18.0 Å². The quantitative estimate of drug-likeness (QED) is 0.765. The van der Waals surface area contributed by atoms with Gasteiger partial charge in [-0.05, 0) is 6.92 Å². The monoisotopic (exact) mass is 292 g/mol. The molecule has 3 rings (SSSR count). The molecule has 2 amide bonds. The number of carboxylic acid groups (broad SMARTS) is 1. The Morgan fingerprint density at radius 2 is 2.19 bits per heavy atom. The van der Waals surface area contributed by atoms with E-state index < -0.39 is 6.09 Å². The van der Waals surface area contributed by atoms with Gasteiger partial charge in [-0.25, -0.2) is 4.79 Å². The normalized spacial score (nSPS) is 21.5. The fourth-order valence-electron chi connectivity index (χ4n) is 2.79. The van der Waals surface area contributed by atoms with Crippen LogP contribution in [0.2, 0.25) is 0 Å². The Morgan fingerprint density at radius 1 is 1.48 bits per heavy atom. The van der Waals surface area contributed by atoms with Crippen LogP contribution in [0.3, 0.4) is 0 Å². The van der Waals surface area contributed by atoms with Crippen molar-refractivity contribution < 1.29 is 19.5 Å². The lowest BCUT2D eigenvalue weighted by Crippen LogP contribution is -2.42. The van der Waals surface area contributed by atoms with E-state index in [0.29, 0.717) is 23.4 Å². The summed E-state index contributed by atoms with van der Waals surface area (Å²) >= 11 is 0. The molecule has 8 nitrogen and oxygen atoms in total. The Labute approximate surface area is 121 Å². The zero-order valence-corrected chi connectivity index (χ0v) is 11.9. The second-order valence-corrected chi connectivity index (χ2v) is 5.33. The van der Waals surface area contributed by atoms with E-state index in [9.17, 15) is 14.7 Å². The minimum atomic E-state index is -0.997. The molecule has 0 saturated carbocycles. The van der Waals surface area contributed by atoms with Crippen molar-refractivity contribution in [2.45, 2.75) is 32.5 Å². The summed E-state index contributed by atoms with van der Waals surface area (Å²) in [5.74, 6) is 0.0647. The molecule has 8 heteroatoms. The summed E-state index contributed by atoms with van der Waals surface area (Å²) in [5.41, 5.74) is 1.81. The van der Waals surface area contributed by atoms with Crippen LogP contribution in [0.1, 0.15) is 28.7 Å². The highest BCUT2D eigenvalue weighted by molar-refractivity contribution is 5.94. The lowest BCUT2D eigenvalue weighted by atomic mass is 10.00. The zero-order valence-electron chi connectivity index (χ0n) is 11.9. The average molecular weight is 292 g/mol. The first-order valence-electron chi connectivity index (χ1n) is 6.60. The first kappa shape index (κ1) is 13.5. The molecule has 0 radical (unpaired) electrons. The molecule has 2 aliphatic rings. The largest absolute Gasteiger partial charge is 0.465 e. The van der Waals surface area contributed by atoms with Gasteiger partial charge in [0.15, 0.2) is 0 Å². The molecule has 1 aromatic rings. The molecule has 2 aliphatic heterocycles. The number of hydrogen-bond donors (Lipinski definition) is 1. The zero-order chi connectivity index (χ0) is 15.3. The fourth-order valence-corrected chi connectivity index (χ4v) is 2.79. The second-order valence-electron chi connectivity index (χ2n) is 5.33. The molecule has 3 heterocycles. The van der Waals surface area contributed by atoms with E-state index in [1.807, 2.05) is 6.92 Å². The minimum absolute atomic E-state index is 0.160. The number of aromatic nitrogens is 2. The smallest absolute Gasteiger partial charge is 0.407 e. The molecule has 0 saturated heterocycles. The number of allylic oxidation sites excluding steroid dienone is 1. The summed E-state index contributed by atoms with van der Waals surface area (Å²) in [6.45, 7) is 6.01. The van der Waals surface area contributed by atoms with Crippen molar-refractivity contribution in [3.8, 4) is 0 Å². The molecule has 0 fully saturated rings. The first-order chi connectivity index (χ1) is 9.88. The maximum absolute atomic E-state index is 12.4. The Kier molecular flexibility index (Phi) is 2.89. The molecule has 0 aliphatic carbocycles. The molecule has 1 aromatic heterocycles. The summed E-state index contributed by atoms with van der Waals surface area (Å²) in [4.78, 5) is 30.3. The Balaban J connectivity index is 2.09. The highest BCUT2D eigenvalue weighted by atomic mass is 16.7. The Bertz CT molecular complexity index is 651. The van der Waals surface area contributed by atoms with Crippen molar-refractivity contribution in [3.05, 3.63) is 29.3 Å². The molecule has 21 heavy (non-hydrogen) atoms. The van der Waals surface area contributed by atoms with Gasteiger partial charge in [-0.15, -0.1) is 0 Å². The van der Waals surface area contributed by atoms with Crippen molar-refractivity contribution >= 4 is 12.0 Å². The molecule has 0 unspecified atom stereocenters. The predicted octanol–water partition coefficient (Wildman–Crippen LogP) is 0.839. The number of hydrogen-bond acceptors (Lipinski definition) is 4. The van der Waals surface area contributed by atoms with Crippen LogP contribution >= 0.6 is 0 Å². The number of carbonyl (C=O) groups excluding carboxylic acids is 1. The summed E-state index contributed by atoms with van der Waals surface area (Å²) in [5, 5.41) is 14.8. The van der Waals surface area contributed by atoms with Gasteiger partial charge in [0.25, 0.3) is 0 Å². The van der Waals surface area contributed by atoms with Crippen molar-refractivity contribution in [1.29, 1.82) is 0 Å². The topological polar surface area (TPSA) is 87.9 Å². The van der Waals surface area contributed by atoms with Gasteiger partial charge < -0.3 is 14.8 Å². The highest BCUT2D eigenvalue weighted by Gasteiger charge is 2.36. The Hall–Kier alpha value is -2.51. The van der Waals surface area contributed by atoms with Crippen LogP contribution in [0.4, 0.5) is 4.79 Å². The van der Waals surface area contributed by atoms with Crippen molar-refractivity contribution in [3.63, 3.8) is 0 Å². The molecular formula is C13H16N4O4. The van der Waals surface area contributed by atoms with E-state index in [1.165, 1.54) is 11.9 Å². The fraction of sp³-hybridized carbons (Fsp3) is 0.462. The number of carbonyl (C=O) groups is 2. The van der Waals surface area contributed by atoms with E-state index in [4.69, 9.17) is 4.84 Å². The third kappa shape index (κ3) is 2.03. The van der Waals surface area contributed by atoms with Crippen molar-refractivity contribution in [2.24, 2.45) is 0 Å². The average Bonchev–Trinajstić information content (AvgIpc) is 2.67. The minimum Gasteiger partial charge on any atom is -0.465 e. The Morgan fingerprint density at radius 3 is 2.86 bits per heavy atom. The maximum atomic E-state index is 12.4. The molecule has 112 valence electrons. The number of amides is 2. The predicted molar refractivity (Wildman–Crippen MR) is 71.3 cm³/mol. The van der Waals surface area contributed by atoms with Crippen LogP contribution in [-0.4, -0.2) is 49.9 Å². The second kappa shape index (κ2) is 4.51. The van der Waals surface area contributed by atoms with Crippen LogP contribution in [0.5, 0.6) is 0 Å². The lowest BCUT2D eigenvalue weighted by Gasteiger charge is -2.30. The molecule has 0 spiro atoms. The molecular weight excluding hydrogens is 276 g/mol. The van der Waals surface area contributed by atoms with Crippen LogP contribution in [0, 0.1) is 0 Å². The third-order valence-corrected chi connectivity index (χ3v) is 3.81. The van der Waals surface area contributed by atoms with Gasteiger partial charge in [-0.2, -0.15) is 10.2 Å². The van der Waals surface area contributed by atoms with Gasteiger partial charge in [0.2, 0.25) is 0 Å². The SMILES string of the molecule is C=C1Cn2nc3c(c2C(=O)N(C)O1)CN(C(=O)O)[C@H](C)C3. The molecule has 1 atom stereocenters. The summed E-state index contributed by atoms with van der Waals surface area (Å²) in [7, 11) is 1.50. The van der Waals surface area contributed by atoms with Crippen LogP contribution in [-0.2, 0) is 24.3 Å². The number of nitrogens with zero attached hydrogens (tertiary/aromatic N) is 4. The van der Waals surface area contributed by atoms with E-state index in [0.717, 1.165) is 10.8 Å². The molecule has 1 N–H and O–H groups in total. The number of rotatable bonds is 0. The first-order valence-corrected chi connectivity index (χ1v) is 6.60. The van der Waals surface area contributed by atoms with Gasteiger partial charge >= 0.3 is 12.0 Å². The van der Waals surface area contributed by atoms with Gasteiger partial charge in [0, 0.05) is 25.1 Å². The summed E-state index contributed by atoms with van der Waals surface area (Å²) < 4.78 is 1.55. The van der Waals surface area contributed by atoms with Crippen molar-refractivity contribution in [2.75, 3.05) is 7.05 Å². The van der Waals surface area contributed by atoms with Gasteiger partial charge in [-0.3, -0.25) is 9.48 Å². The van der Waals surface area contributed by atoms with E-state index in [1.54, 1.807) is 4.68 Å². The summed E-state index contributed by atoms with van der Waals surface area (Å²) in [6, 6.07) is -0.165. The van der Waals surface area contributed by atoms with Crippen LogP contribution < -0.4 is 0 Å². The van der Waals surface area contributed by atoms with Gasteiger partial charge in [0.05, 0.1) is 12.2 Å². The number of fused-ring (bicyclic) bond motifs is 3. The maximum Gasteiger partial charge on any atom is 0.407 e. The van der Waals surface area contributed by atoms with Crippen LogP contribution in [0.25, 0.3) is 0 Å². The third-order valence-electron chi connectivity index (χ3n) is 3.81. The highest BCUT2D eigenvalue weighted by Crippen LogP contribution is 2.28. The lowest BCUT2D eigenvalue weighted by molar-refractivity contribution is -0.0653. The van der Waals surface area contributed by atoms with E-state index in [2.05, 4.69) is 11.7 Å². The molecule has 0 aromatic carbocycles. The van der Waals surface area contributed by atoms with Gasteiger partial charge in [-0.1, -0.05) is 6.58 Å². The number of hydroxylamine groups is 2. The van der Waals surface area contributed by atoms with Crippen molar-refractivity contribution in [1.82, 2.24) is 19.7 Å². The van der Waals surface area contributed by atoms with E-state index in [-0.39, 0.29) is 25.0 Å². The summed E-state index contributed by atoms with van der Waals surface area (Å²) in [6.07, 6.45) is -0.505. The van der Waals surface area contributed by atoms with E-state index >= 15 is 0 Å². The van der Waals surface area contributed by atoms with Crippen LogP contribution in [0.15, 0.2) is 12.3 Å². The molecule has 0 bridgehead atoms. The standard InChI is InChI=1S/C13H16N4O4/c1-7-4-10-9(6-16(7)13(19)20)11-12(18)15(3)21-8(2)5-17(11)14-10/h7H,2,4-6H2,1,3H3,(H,19,20)/t7-/m1/s1.